The van der Waals surface area contributed by atoms with E-state index in [-0.39, 0.29) is 11.4 Å². The van der Waals surface area contributed by atoms with Crippen molar-refractivity contribution in [3.05, 3.63) is 65.5 Å². The van der Waals surface area contributed by atoms with Crippen LogP contribution in [0.15, 0.2) is 53.5 Å². The van der Waals surface area contributed by atoms with Crippen LogP contribution in [0.5, 0.6) is 0 Å². The fraction of sp³-hybridized carbons (Fsp3) is 0.400. The Labute approximate surface area is 187 Å². The van der Waals surface area contributed by atoms with Gasteiger partial charge in [-0.25, -0.2) is 4.85 Å². The van der Waals surface area contributed by atoms with Gasteiger partial charge in [-0.2, -0.15) is 0 Å². The molecule has 0 unspecified atom stereocenters. The average molecular weight is 466 g/mol. The monoisotopic (exact) mass is 465 g/mol. The van der Waals surface area contributed by atoms with E-state index in [4.69, 9.17) is 6.57 Å². The molecule has 1 amide bonds. The van der Waals surface area contributed by atoms with Crippen LogP contribution in [0.3, 0.4) is 0 Å². The molecule has 4 nitrogen and oxygen atoms in total. The first-order chi connectivity index (χ1) is 14.6. The smallest absolute Gasteiger partial charge is 0.253 e. The Morgan fingerprint density at radius 2 is 1.83 bits per heavy atom. The molecule has 0 bridgehead atoms. The highest BCUT2D eigenvalue weighted by Crippen LogP contribution is 2.36. The third-order valence-corrected chi connectivity index (χ3v) is 6.32. The van der Waals surface area contributed by atoms with Gasteiger partial charge in [0.1, 0.15) is 11.4 Å². The molecule has 1 aliphatic carbocycles. The molecule has 1 fully saturated rings. The molecule has 0 atom stereocenters. The second kappa shape index (κ2) is 10.5. The van der Waals surface area contributed by atoms with Crippen LogP contribution in [-0.2, 0) is 10.1 Å². The molecule has 1 saturated carbocycles. The highest BCUT2D eigenvalue weighted by atomic mass is 79.9. The van der Waals surface area contributed by atoms with E-state index in [1.54, 1.807) is 0 Å². The fourth-order valence-corrected chi connectivity index (χ4v) is 4.31. The molecular weight excluding hydrogens is 438 g/mol. The lowest BCUT2D eigenvalue weighted by atomic mass is 9.99. The van der Waals surface area contributed by atoms with Gasteiger partial charge in [-0.05, 0) is 36.0 Å². The zero-order valence-corrected chi connectivity index (χ0v) is 19.0. The van der Waals surface area contributed by atoms with Gasteiger partial charge >= 0.3 is 0 Å². The summed E-state index contributed by atoms with van der Waals surface area (Å²) in [6.45, 7) is 9.29. The zero-order chi connectivity index (χ0) is 21.4. The predicted octanol–water partition coefficient (Wildman–Crippen LogP) is 6.82. The Bertz CT molecular complexity index is 938. The second-order valence-corrected chi connectivity index (χ2v) is 8.38. The molecular formula is C25H28BrN3O. The summed E-state index contributed by atoms with van der Waals surface area (Å²) in [7, 11) is 0. The summed E-state index contributed by atoms with van der Waals surface area (Å²) in [5.41, 5.74) is 3.69. The summed E-state index contributed by atoms with van der Waals surface area (Å²) in [5, 5.41) is 3.79. The van der Waals surface area contributed by atoms with Crippen molar-refractivity contribution in [1.29, 1.82) is 0 Å². The molecule has 0 radical (unpaired) electrons. The van der Waals surface area contributed by atoms with Crippen molar-refractivity contribution in [3.8, 4) is 11.1 Å². The lowest BCUT2D eigenvalue weighted by molar-refractivity contribution is -0.123. The maximum absolute atomic E-state index is 11.7. The molecule has 1 heterocycles. The number of nitrogens with zero attached hydrogens (tertiary/aromatic N) is 2. The van der Waals surface area contributed by atoms with E-state index in [0.717, 1.165) is 67.2 Å². The van der Waals surface area contributed by atoms with Gasteiger partial charge in [0.25, 0.3) is 5.91 Å². The van der Waals surface area contributed by atoms with E-state index in [1.807, 2.05) is 24.3 Å². The molecule has 0 aromatic heterocycles. The van der Waals surface area contributed by atoms with Gasteiger partial charge in [0.15, 0.2) is 5.69 Å². The zero-order valence-electron chi connectivity index (χ0n) is 17.5. The Hall–Kier alpha value is -2.45. The van der Waals surface area contributed by atoms with Crippen molar-refractivity contribution in [1.82, 2.24) is 5.32 Å². The van der Waals surface area contributed by atoms with Crippen molar-refractivity contribution >= 4 is 33.4 Å². The number of hydrogen-bond acceptors (Lipinski definition) is 2. The van der Waals surface area contributed by atoms with Crippen molar-refractivity contribution in [2.45, 2.75) is 62.7 Å². The van der Waals surface area contributed by atoms with Gasteiger partial charge in [0, 0.05) is 11.8 Å². The minimum Gasteiger partial charge on any atom is -0.312 e. The van der Waals surface area contributed by atoms with Crippen LogP contribution >= 0.6 is 15.9 Å². The lowest BCUT2D eigenvalue weighted by Gasteiger charge is -2.14. The van der Waals surface area contributed by atoms with Crippen LogP contribution in [0.4, 0.5) is 5.69 Å². The molecule has 1 spiro atoms. The number of benzene rings is 2. The number of aliphatic imine (C=N–C) groups is 1. The first kappa shape index (κ1) is 22.2. The van der Waals surface area contributed by atoms with Crippen LogP contribution in [0.2, 0.25) is 0 Å². The molecule has 5 heteroatoms. The predicted molar refractivity (Wildman–Crippen MR) is 127 cm³/mol. The van der Waals surface area contributed by atoms with Gasteiger partial charge in [-0.3, -0.25) is 9.79 Å². The Balaban J connectivity index is 0.000000172. The van der Waals surface area contributed by atoms with Crippen LogP contribution < -0.4 is 5.32 Å². The summed E-state index contributed by atoms with van der Waals surface area (Å²) < 4.78 is 0. The lowest BCUT2D eigenvalue weighted by Crippen LogP contribution is -2.37. The number of amidine groups is 1. The summed E-state index contributed by atoms with van der Waals surface area (Å²) in [5.74, 6) is 1.08. The Kier molecular flexibility index (Phi) is 7.81. The standard InChI is InChI=1S/C14H10BrN.C11H18N2O/c1-16-14-5-3-2-4-13(14)12-8-6-11(10-15)7-9-12;1-2-3-6-9-12-10(14)11(13-9)7-4-5-8-11/h2-9H,10H2;2-8H2,1H3,(H,12,13,14). The Morgan fingerprint density at radius 1 is 1.13 bits per heavy atom. The van der Waals surface area contributed by atoms with E-state index in [1.165, 1.54) is 5.56 Å². The van der Waals surface area contributed by atoms with Crippen molar-refractivity contribution < 1.29 is 4.79 Å². The molecule has 1 aliphatic heterocycles. The minimum absolute atomic E-state index is 0.154. The third-order valence-electron chi connectivity index (χ3n) is 5.67. The quantitative estimate of drug-likeness (QED) is 0.382. The Morgan fingerprint density at radius 3 is 2.47 bits per heavy atom. The molecule has 2 aromatic carbocycles. The number of unbranched alkanes of at least 4 members (excludes halogenated alkanes) is 1. The van der Waals surface area contributed by atoms with Crippen LogP contribution in [0.25, 0.3) is 16.0 Å². The number of nitrogens with one attached hydrogen (secondary N) is 1. The van der Waals surface area contributed by atoms with Crippen molar-refractivity contribution in [2.24, 2.45) is 4.99 Å². The fourth-order valence-electron chi connectivity index (χ4n) is 3.93. The summed E-state index contributed by atoms with van der Waals surface area (Å²) >= 11 is 3.42. The van der Waals surface area contributed by atoms with Crippen LogP contribution in [0, 0.1) is 6.57 Å². The molecule has 1 N–H and O–H groups in total. The summed E-state index contributed by atoms with van der Waals surface area (Å²) in [4.78, 5) is 19.9. The van der Waals surface area contributed by atoms with Gasteiger partial charge in [-0.1, -0.05) is 90.6 Å². The largest absolute Gasteiger partial charge is 0.312 e. The van der Waals surface area contributed by atoms with E-state index < -0.39 is 0 Å². The first-order valence-electron chi connectivity index (χ1n) is 10.6. The number of amides is 1. The molecule has 156 valence electrons. The SMILES string of the molecule is CCCCC1=NC2(CCCC2)C(=O)N1.[C-]#[N+]c1ccccc1-c1ccc(CBr)cc1. The normalized spacial score (nSPS) is 16.4. The third kappa shape index (κ3) is 5.17. The van der Waals surface area contributed by atoms with E-state index in [0.29, 0.717) is 5.69 Å². The van der Waals surface area contributed by atoms with Crippen LogP contribution in [-0.4, -0.2) is 17.3 Å². The highest BCUT2D eigenvalue weighted by molar-refractivity contribution is 9.08. The van der Waals surface area contributed by atoms with Gasteiger partial charge in [-0.15, -0.1) is 0 Å². The highest BCUT2D eigenvalue weighted by Gasteiger charge is 2.45. The van der Waals surface area contributed by atoms with Gasteiger partial charge in [0.2, 0.25) is 0 Å². The number of hydrogen-bond donors (Lipinski definition) is 1. The topological polar surface area (TPSA) is 45.8 Å². The maximum atomic E-state index is 11.7. The van der Waals surface area contributed by atoms with Crippen molar-refractivity contribution in [2.75, 3.05) is 0 Å². The van der Waals surface area contributed by atoms with E-state index in [9.17, 15) is 4.79 Å². The summed E-state index contributed by atoms with van der Waals surface area (Å²) in [6, 6.07) is 15.9. The average Bonchev–Trinajstić information content (AvgIpc) is 3.39. The number of carbonyl (C=O) groups is 1. The number of para-hydroxylation sites is 1. The second-order valence-electron chi connectivity index (χ2n) is 7.81. The molecule has 2 aromatic rings. The number of halogens is 1. The van der Waals surface area contributed by atoms with Crippen LogP contribution in [0.1, 0.15) is 57.4 Å². The molecule has 2 aliphatic rings. The molecule has 4 rings (SSSR count). The summed E-state index contributed by atoms with van der Waals surface area (Å²) in [6.07, 6.45) is 7.42. The van der Waals surface area contributed by atoms with Gasteiger partial charge < -0.3 is 5.32 Å². The van der Waals surface area contributed by atoms with Gasteiger partial charge in [0.05, 0.1) is 6.57 Å². The number of alkyl halides is 1. The van der Waals surface area contributed by atoms with E-state index in [2.05, 4.69) is 62.3 Å². The van der Waals surface area contributed by atoms with E-state index >= 15 is 0 Å². The minimum atomic E-state index is -0.344. The number of rotatable bonds is 5. The molecule has 30 heavy (non-hydrogen) atoms. The number of carbonyl (C=O) groups excluding carboxylic acids is 1. The van der Waals surface area contributed by atoms with Crippen molar-refractivity contribution in [3.63, 3.8) is 0 Å². The first-order valence-corrected chi connectivity index (χ1v) is 11.8. The maximum Gasteiger partial charge on any atom is 0.253 e. The molecule has 0 saturated heterocycles.